The Bertz CT molecular complexity index is 984. The van der Waals surface area contributed by atoms with Crippen molar-refractivity contribution in [2.45, 2.75) is 10.5 Å². The molecule has 0 unspecified atom stereocenters. The first-order valence-corrected chi connectivity index (χ1v) is 10.7. The average Bonchev–Trinajstić information content (AvgIpc) is 2.62. The van der Waals surface area contributed by atoms with Crippen molar-refractivity contribution in [3.05, 3.63) is 99.0 Å². The SMILES string of the molecule is O=S(=O)(CC(O)(c1ccc(Cl)cc1)c1ccc(Cl)cc1)c1ccc(Cl)cc1. The Morgan fingerprint density at radius 2 is 1.00 bits per heavy atom. The Hall–Kier alpha value is -1.56. The van der Waals surface area contributed by atoms with E-state index in [1.54, 1.807) is 48.5 Å². The molecule has 0 aliphatic heterocycles. The van der Waals surface area contributed by atoms with E-state index in [1.807, 2.05) is 0 Å². The number of halogens is 3. The van der Waals surface area contributed by atoms with Crippen molar-refractivity contribution in [1.29, 1.82) is 0 Å². The Morgan fingerprint density at radius 1 is 0.667 bits per heavy atom. The molecule has 1 N–H and O–H groups in total. The molecule has 27 heavy (non-hydrogen) atoms. The van der Waals surface area contributed by atoms with Crippen molar-refractivity contribution >= 4 is 44.6 Å². The molecule has 0 radical (unpaired) electrons. The number of hydrogen-bond donors (Lipinski definition) is 1. The lowest BCUT2D eigenvalue weighted by molar-refractivity contribution is 0.105. The van der Waals surface area contributed by atoms with E-state index >= 15 is 0 Å². The first-order chi connectivity index (χ1) is 12.7. The molecular formula is C20H15Cl3O3S. The van der Waals surface area contributed by atoms with Crippen LogP contribution in [0.2, 0.25) is 15.1 Å². The molecule has 3 rings (SSSR count). The summed E-state index contributed by atoms with van der Waals surface area (Å²) in [5.74, 6) is -0.551. The van der Waals surface area contributed by atoms with Crippen LogP contribution in [0.25, 0.3) is 0 Å². The molecule has 0 spiro atoms. The number of rotatable bonds is 5. The van der Waals surface area contributed by atoms with Gasteiger partial charge < -0.3 is 5.11 Å². The maximum atomic E-state index is 13.0. The monoisotopic (exact) mass is 440 g/mol. The van der Waals surface area contributed by atoms with Gasteiger partial charge in [-0.1, -0.05) is 59.1 Å². The molecule has 3 nitrogen and oxygen atoms in total. The van der Waals surface area contributed by atoms with Gasteiger partial charge >= 0.3 is 0 Å². The minimum Gasteiger partial charge on any atom is -0.379 e. The standard InChI is InChI=1S/C20H15Cl3O3S/c21-16-5-1-14(2-6-16)20(24,15-3-7-17(22)8-4-15)13-27(25,26)19-11-9-18(23)10-12-19/h1-12,24H,13H2. The summed E-state index contributed by atoms with van der Waals surface area (Å²) >= 11 is 17.7. The zero-order valence-corrected chi connectivity index (χ0v) is 17.0. The van der Waals surface area contributed by atoms with Gasteiger partial charge in [-0.05, 0) is 59.7 Å². The second-order valence-electron chi connectivity index (χ2n) is 6.09. The molecule has 0 saturated carbocycles. The summed E-state index contributed by atoms with van der Waals surface area (Å²) in [6.45, 7) is 0. The van der Waals surface area contributed by atoms with E-state index < -0.39 is 21.2 Å². The third-order valence-electron chi connectivity index (χ3n) is 4.22. The molecule has 0 saturated heterocycles. The topological polar surface area (TPSA) is 54.4 Å². The molecule has 0 aliphatic rings. The van der Waals surface area contributed by atoms with Gasteiger partial charge in [-0.2, -0.15) is 0 Å². The van der Waals surface area contributed by atoms with Crippen LogP contribution in [-0.4, -0.2) is 19.3 Å². The lowest BCUT2D eigenvalue weighted by Gasteiger charge is -2.29. The van der Waals surface area contributed by atoms with Crippen LogP contribution in [-0.2, 0) is 15.4 Å². The second kappa shape index (κ2) is 7.82. The van der Waals surface area contributed by atoms with E-state index in [0.717, 1.165) is 0 Å². The van der Waals surface area contributed by atoms with Crippen LogP contribution < -0.4 is 0 Å². The van der Waals surface area contributed by atoms with Gasteiger partial charge in [0.25, 0.3) is 0 Å². The fraction of sp³-hybridized carbons (Fsp3) is 0.100. The van der Waals surface area contributed by atoms with Crippen LogP contribution in [0.3, 0.4) is 0 Å². The van der Waals surface area contributed by atoms with Gasteiger partial charge in [-0.3, -0.25) is 0 Å². The van der Waals surface area contributed by atoms with Crippen LogP contribution in [0.1, 0.15) is 11.1 Å². The fourth-order valence-electron chi connectivity index (χ4n) is 2.78. The molecule has 0 bridgehead atoms. The molecule has 0 amide bonds. The van der Waals surface area contributed by atoms with Gasteiger partial charge in [0, 0.05) is 15.1 Å². The zero-order valence-electron chi connectivity index (χ0n) is 13.9. The molecule has 0 atom stereocenters. The first-order valence-electron chi connectivity index (χ1n) is 7.93. The molecule has 0 heterocycles. The Morgan fingerprint density at radius 3 is 1.37 bits per heavy atom. The van der Waals surface area contributed by atoms with Crippen molar-refractivity contribution < 1.29 is 13.5 Å². The Labute approximate surface area is 173 Å². The minimum absolute atomic E-state index is 0.0771. The largest absolute Gasteiger partial charge is 0.379 e. The molecule has 7 heteroatoms. The summed E-state index contributed by atoms with van der Waals surface area (Å²) in [5.41, 5.74) is -0.966. The van der Waals surface area contributed by atoms with E-state index in [-0.39, 0.29) is 4.90 Å². The van der Waals surface area contributed by atoms with Crippen molar-refractivity contribution in [3.8, 4) is 0 Å². The van der Waals surface area contributed by atoms with Crippen LogP contribution in [0.4, 0.5) is 0 Å². The van der Waals surface area contributed by atoms with E-state index in [9.17, 15) is 13.5 Å². The summed E-state index contributed by atoms with van der Waals surface area (Å²) in [6.07, 6.45) is 0. The maximum Gasteiger partial charge on any atom is 0.181 e. The van der Waals surface area contributed by atoms with E-state index in [1.165, 1.54) is 24.3 Å². The lowest BCUT2D eigenvalue weighted by atomic mass is 9.88. The molecule has 3 aromatic carbocycles. The average molecular weight is 442 g/mol. The van der Waals surface area contributed by atoms with Crippen molar-refractivity contribution in [3.63, 3.8) is 0 Å². The van der Waals surface area contributed by atoms with Crippen molar-refractivity contribution in [2.24, 2.45) is 0 Å². The van der Waals surface area contributed by atoms with Gasteiger partial charge in [0.1, 0.15) is 5.60 Å². The highest BCUT2D eigenvalue weighted by atomic mass is 35.5. The summed E-state index contributed by atoms with van der Waals surface area (Å²) in [4.78, 5) is 0.0771. The third-order valence-corrected chi connectivity index (χ3v) is 6.76. The zero-order chi connectivity index (χ0) is 19.7. The molecule has 3 aromatic rings. The van der Waals surface area contributed by atoms with Gasteiger partial charge in [-0.25, -0.2) is 8.42 Å². The molecule has 0 aromatic heterocycles. The number of aliphatic hydroxyl groups is 1. The maximum absolute atomic E-state index is 13.0. The molecule has 0 fully saturated rings. The molecule has 140 valence electrons. The van der Waals surface area contributed by atoms with E-state index in [2.05, 4.69) is 0 Å². The van der Waals surface area contributed by atoms with Gasteiger partial charge in [0.15, 0.2) is 9.84 Å². The van der Waals surface area contributed by atoms with Crippen LogP contribution in [0, 0.1) is 0 Å². The highest BCUT2D eigenvalue weighted by molar-refractivity contribution is 7.91. The number of hydrogen-bond acceptors (Lipinski definition) is 3. The summed E-state index contributed by atoms with van der Waals surface area (Å²) < 4.78 is 26.0. The molecule has 0 aliphatic carbocycles. The minimum atomic E-state index is -3.83. The molecular weight excluding hydrogens is 427 g/mol. The van der Waals surface area contributed by atoms with Gasteiger partial charge in [0.2, 0.25) is 0 Å². The highest BCUT2D eigenvalue weighted by Crippen LogP contribution is 2.34. The third kappa shape index (κ3) is 4.48. The van der Waals surface area contributed by atoms with E-state index in [0.29, 0.717) is 26.2 Å². The summed E-state index contributed by atoms with van der Waals surface area (Å²) in [6, 6.07) is 18.7. The fourth-order valence-corrected chi connectivity index (χ4v) is 4.76. The van der Waals surface area contributed by atoms with Crippen LogP contribution >= 0.6 is 34.8 Å². The van der Waals surface area contributed by atoms with E-state index in [4.69, 9.17) is 34.8 Å². The first kappa shape index (κ1) is 20.2. The predicted molar refractivity (Wildman–Crippen MR) is 109 cm³/mol. The van der Waals surface area contributed by atoms with Gasteiger partial charge in [-0.15, -0.1) is 0 Å². The predicted octanol–water partition coefficient (Wildman–Crippen LogP) is 5.36. The lowest BCUT2D eigenvalue weighted by Crippen LogP contribution is -2.35. The van der Waals surface area contributed by atoms with Crippen molar-refractivity contribution in [2.75, 3.05) is 5.75 Å². The van der Waals surface area contributed by atoms with Crippen LogP contribution in [0.15, 0.2) is 77.7 Å². The summed E-state index contributed by atoms with van der Waals surface area (Å²) in [7, 11) is -3.83. The normalized spacial score (nSPS) is 12.1. The smallest absolute Gasteiger partial charge is 0.181 e. The van der Waals surface area contributed by atoms with Crippen LogP contribution in [0.5, 0.6) is 0 Å². The van der Waals surface area contributed by atoms with Gasteiger partial charge in [0.05, 0.1) is 10.6 Å². The summed E-state index contributed by atoms with van der Waals surface area (Å²) in [5, 5.41) is 12.9. The highest BCUT2D eigenvalue weighted by Gasteiger charge is 2.37. The second-order valence-corrected chi connectivity index (χ2v) is 9.39. The number of benzene rings is 3. The van der Waals surface area contributed by atoms with Crippen molar-refractivity contribution in [1.82, 2.24) is 0 Å². The Balaban J connectivity index is 2.10. The quantitative estimate of drug-likeness (QED) is 0.580. The number of sulfone groups is 1. The Kier molecular flexibility index (Phi) is 5.84.